The molecule has 168 valence electrons. The van der Waals surface area contributed by atoms with Crippen LogP contribution in [0.3, 0.4) is 0 Å². The van der Waals surface area contributed by atoms with E-state index in [4.69, 9.17) is 0 Å². The van der Waals surface area contributed by atoms with Gasteiger partial charge in [0.15, 0.2) is 5.96 Å². The van der Waals surface area contributed by atoms with Gasteiger partial charge in [0.05, 0.1) is 0 Å². The number of thiophene rings is 1. The smallest absolute Gasteiger partial charge is 0.252 e. The molecule has 0 spiro atoms. The zero-order valence-corrected chi connectivity index (χ0v) is 21.8. The van der Waals surface area contributed by atoms with Crippen LogP contribution in [0.1, 0.15) is 31.3 Å². The molecule has 2 aromatic rings. The molecule has 0 saturated heterocycles. The van der Waals surface area contributed by atoms with Gasteiger partial charge >= 0.3 is 0 Å². The number of nitrogens with one attached hydrogen (secondary N) is 2. The molecule has 7 nitrogen and oxygen atoms in total. The molecule has 2 heterocycles. The van der Waals surface area contributed by atoms with Crippen molar-refractivity contribution in [2.24, 2.45) is 4.99 Å². The second kappa shape index (κ2) is 13.9. The largest absolute Gasteiger partial charge is 0.357 e. The third-order valence-corrected chi connectivity index (χ3v) is 7.97. The highest BCUT2D eigenvalue weighted by molar-refractivity contribution is 14.0. The highest BCUT2D eigenvalue weighted by Gasteiger charge is 2.23. The number of rotatable bonds is 11. The zero-order valence-electron chi connectivity index (χ0n) is 17.8. The summed E-state index contributed by atoms with van der Waals surface area (Å²) in [6, 6.07) is 9.49. The number of aromatic nitrogens is 1. The van der Waals surface area contributed by atoms with E-state index in [1.165, 1.54) is 15.6 Å². The van der Waals surface area contributed by atoms with E-state index in [9.17, 15) is 8.42 Å². The first-order chi connectivity index (χ1) is 14.0. The number of halogens is 1. The Kier molecular flexibility index (Phi) is 12.5. The van der Waals surface area contributed by atoms with E-state index in [0.717, 1.165) is 36.0 Å². The van der Waals surface area contributed by atoms with Crippen LogP contribution in [0.25, 0.3) is 0 Å². The lowest BCUT2D eigenvalue weighted by Crippen LogP contribution is -2.38. The summed E-state index contributed by atoms with van der Waals surface area (Å²) in [6.45, 7) is 8.80. The van der Waals surface area contributed by atoms with Crippen LogP contribution in [0.5, 0.6) is 0 Å². The highest BCUT2D eigenvalue weighted by Crippen LogP contribution is 2.25. The van der Waals surface area contributed by atoms with Gasteiger partial charge in [-0.05, 0) is 31.2 Å². The molecule has 0 aliphatic carbocycles. The van der Waals surface area contributed by atoms with Crippen molar-refractivity contribution in [2.45, 2.75) is 37.8 Å². The summed E-state index contributed by atoms with van der Waals surface area (Å²) in [5.41, 5.74) is 1.04. The minimum atomic E-state index is -3.38. The van der Waals surface area contributed by atoms with Gasteiger partial charge in [-0.25, -0.2) is 8.42 Å². The van der Waals surface area contributed by atoms with Crippen LogP contribution in [0.2, 0.25) is 0 Å². The van der Waals surface area contributed by atoms with E-state index in [-0.39, 0.29) is 24.0 Å². The molecule has 0 radical (unpaired) electrons. The van der Waals surface area contributed by atoms with Crippen LogP contribution in [-0.4, -0.2) is 56.4 Å². The van der Waals surface area contributed by atoms with Gasteiger partial charge in [-0.15, -0.1) is 35.3 Å². The zero-order chi connectivity index (χ0) is 21.1. The van der Waals surface area contributed by atoms with Crippen LogP contribution in [0.15, 0.2) is 45.7 Å². The van der Waals surface area contributed by atoms with E-state index in [1.54, 1.807) is 12.3 Å². The first-order valence-corrected chi connectivity index (χ1v) is 12.3. The molecular weight excluding hydrogens is 533 g/mol. The third kappa shape index (κ3) is 8.12. The molecule has 2 N–H and O–H groups in total. The van der Waals surface area contributed by atoms with Crippen molar-refractivity contribution in [3.05, 3.63) is 47.1 Å². The molecule has 0 aliphatic rings. The van der Waals surface area contributed by atoms with Crippen LogP contribution in [0.4, 0.5) is 0 Å². The fourth-order valence-corrected chi connectivity index (χ4v) is 5.75. The molecule has 2 aromatic heterocycles. The average molecular weight is 566 g/mol. The Hall–Kier alpha value is -1.24. The summed E-state index contributed by atoms with van der Waals surface area (Å²) >= 11 is 1.33. The number of guanidine groups is 1. The Labute approximate surface area is 201 Å². The van der Waals surface area contributed by atoms with Crippen molar-refractivity contribution >= 4 is 51.3 Å². The molecule has 0 bridgehead atoms. The number of nitrogens with zero attached hydrogens (tertiary/aromatic N) is 3. The second-order valence-electron chi connectivity index (χ2n) is 6.32. The van der Waals surface area contributed by atoms with Crippen LogP contribution < -0.4 is 10.6 Å². The molecule has 0 aliphatic heterocycles. The minimum absolute atomic E-state index is 0. The summed E-state index contributed by atoms with van der Waals surface area (Å²) < 4.78 is 27.1. The average Bonchev–Trinajstić information content (AvgIpc) is 3.19. The maximum absolute atomic E-state index is 12.6. The second-order valence-corrected chi connectivity index (χ2v) is 9.65. The summed E-state index contributed by atoms with van der Waals surface area (Å²) in [6.07, 6.45) is 3.32. The van der Waals surface area contributed by atoms with Gasteiger partial charge in [0.1, 0.15) is 4.21 Å². The van der Waals surface area contributed by atoms with Crippen molar-refractivity contribution in [1.29, 1.82) is 0 Å². The van der Waals surface area contributed by atoms with Crippen LogP contribution >= 0.6 is 35.3 Å². The van der Waals surface area contributed by atoms with E-state index in [2.05, 4.69) is 20.6 Å². The molecule has 0 amide bonds. The number of aliphatic imine (C=N–C) groups is 1. The van der Waals surface area contributed by atoms with Crippen molar-refractivity contribution in [1.82, 2.24) is 19.9 Å². The van der Waals surface area contributed by atoms with E-state index < -0.39 is 10.0 Å². The molecule has 30 heavy (non-hydrogen) atoms. The van der Waals surface area contributed by atoms with Gasteiger partial charge in [-0.2, -0.15) is 4.31 Å². The SMILES string of the molecule is CCNC(=NCCc1ccc(S(=O)(=O)N(CC)CC)s1)NCCc1ccccn1.I. The Bertz CT molecular complexity index is 868. The number of hydrogen-bond acceptors (Lipinski definition) is 5. The molecule has 2 rings (SSSR count). The summed E-state index contributed by atoms with van der Waals surface area (Å²) in [4.78, 5) is 9.94. The molecule has 0 aromatic carbocycles. The Morgan fingerprint density at radius 1 is 1.10 bits per heavy atom. The first-order valence-electron chi connectivity index (χ1n) is 10.0. The number of sulfonamides is 1. The van der Waals surface area contributed by atoms with Gasteiger partial charge in [-0.3, -0.25) is 9.98 Å². The predicted octanol–water partition coefficient (Wildman–Crippen LogP) is 3.13. The lowest BCUT2D eigenvalue weighted by Gasteiger charge is -2.16. The number of pyridine rings is 1. The fourth-order valence-electron chi connectivity index (χ4n) is 2.80. The normalized spacial score (nSPS) is 11.9. The molecule has 0 atom stereocenters. The Balaban J connectivity index is 0.00000450. The Morgan fingerprint density at radius 2 is 1.87 bits per heavy atom. The summed E-state index contributed by atoms with van der Waals surface area (Å²) in [5, 5.41) is 6.55. The van der Waals surface area contributed by atoms with Crippen LogP contribution in [-0.2, 0) is 22.9 Å². The first kappa shape index (κ1) is 26.8. The standard InChI is InChI=1S/C20H31N5O2S2.HI/c1-4-21-20(23-15-12-17-9-7-8-14-22-17)24-16-13-18-10-11-19(28-18)29(26,27)25(5-2)6-3;/h7-11,14H,4-6,12-13,15-16H2,1-3H3,(H2,21,23,24);1H. The quantitative estimate of drug-likeness (QED) is 0.249. The lowest BCUT2D eigenvalue weighted by atomic mass is 10.3. The monoisotopic (exact) mass is 565 g/mol. The fraction of sp³-hybridized carbons (Fsp3) is 0.500. The minimum Gasteiger partial charge on any atom is -0.357 e. The summed E-state index contributed by atoms with van der Waals surface area (Å²) in [5.74, 6) is 0.760. The van der Waals surface area contributed by atoms with Gasteiger partial charge < -0.3 is 10.6 Å². The molecule has 0 unspecified atom stereocenters. The van der Waals surface area contributed by atoms with Gasteiger partial charge in [-0.1, -0.05) is 19.9 Å². The highest BCUT2D eigenvalue weighted by atomic mass is 127. The van der Waals surface area contributed by atoms with Crippen molar-refractivity contribution in [3.63, 3.8) is 0 Å². The molecule has 0 saturated carbocycles. The predicted molar refractivity (Wildman–Crippen MR) is 135 cm³/mol. The van der Waals surface area contributed by atoms with E-state index in [1.807, 2.05) is 45.0 Å². The van der Waals surface area contributed by atoms with Crippen LogP contribution in [0, 0.1) is 0 Å². The third-order valence-electron chi connectivity index (χ3n) is 4.31. The van der Waals surface area contributed by atoms with Crippen molar-refractivity contribution in [3.8, 4) is 0 Å². The van der Waals surface area contributed by atoms with E-state index >= 15 is 0 Å². The molecule has 10 heteroatoms. The van der Waals surface area contributed by atoms with Gasteiger partial charge in [0.2, 0.25) is 0 Å². The lowest BCUT2D eigenvalue weighted by molar-refractivity contribution is 0.447. The van der Waals surface area contributed by atoms with Gasteiger partial charge in [0.25, 0.3) is 10.0 Å². The molecular formula is C20H32IN5O2S2. The van der Waals surface area contributed by atoms with Crippen molar-refractivity contribution in [2.75, 3.05) is 32.7 Å². The summed E-state index contributed by atoms with van der Waals surface area (Å²) in [7, 11) is -3.38. The maximum atomic E-state index is 12.6. The number of hydrogen-bond donors (Lipinski definition) is 2. The Morgan fingerprint density at radius 3 is 2.50 bits per heavy atom. The maximum Gasteiger partial charge on any atom is 0.252 e. The topological polar surface area (TPSA) is 86.7 Å². The van der Waals surface area contributed by atoms with Gasteiger partial charge in [0, 0.05) is 62.3 Å². The van der Waals surface area contributed by atoms with Crippen molar-refractivity contribution < 1.29 is 8.42 Å². The molecule has 0 fully saturated rings. The van der Waals surface area contributed by atoms with E-state index in [0.29, 0.717) is 30.3 Å².